The van der Waals surface area contributed by atoms with Gasteiger partial charge in [0.25, 0.3) is 0 Å². The minimum Gasteiger partial charge on any atom is -0.207 e. The molecule has 0 saturated heterocycles. The van der Waals surface area contributed by atoms with Gasteiger partial charge < -0.3 is 0 Å². The predicted octanol–water partition coefficient (Wildman–Crippen LogP) is 7.88. The molecule has 1 aromatic rings. The number of rotatable bonds is 9. The van der Waals surface area contributed by atoms with E-state index >= 15 is 0 Å². The number of aryl methyl sites for hydroxylation is 1. The Morgan fingerprint density at radius 3 is 2.23 bits per heavy atom. The van der Waals surface area contributed by atoms with Crippen LogP contribution in [-0.4, -0.2) is 0 Å². The quantitative estimate of drug-likeness (QED) is 0.394. The van der Waals surface area contributed by atoms with Crippen LogP contribution in [0.5, 0.6) is 0 Å². The highest BCUT2D eigenvalue weighted by molar-refractivity contribution is 5.30. The first-order valence-corrected chi connectivity index (χ1v) is 11.5. The maximum absolute atomic E-state index is 13.5. The SMILES string of the molecule is CCCCCCCC1CCC(CCC2CCc3ccc(F)cc3C2)CC1. The Kier molecular flexibility index (Phi) is 8.02. The lowest BCUT2D eigenvalue weighted by Crippen LogP contribution is -2.18. The first-order chi connectivity index (χ1) is 12.7. The first-order valence-electron chi connectivity index (χ1n) is 11.5. The Labute approximate surface area is 161 Å². The number of unbranched alkanes of at least 4 members (excludes halogenated alkanes) is 4. The fourth-order valence-corrected chi connectivity index (χ4v) is 5.36. The monoisotopic (exact) mass is 358 g/mol. The summed E-state index contributed by atoms with van der Waals surface area (Å²) in [7, 11) is 0. The predicted molar refractivity (Wildman–Crippen MR) is 110 cm³/mol. The molecule has 2 aliphatic rings. The molecule has 1 atom stereocenters. The Balaban J connectivity index is 1.31. The Bertz CT molecular complexity index is 527. The van der Waals surface area contributed by atoms with E-state index in [-0.39, 0.29) is 5.82 Å². The molecule has 3 rings (SSSR count). The van der Waals surface area contributed by atoms with E-state index in [4.69, 9.17) is 0 Å². The van der Waals surface area contributed by atoms with E-state index in [1.807, 2.05) is 6.07 Å². The molecule has 0 radical (unpaired) electrons. The number of hydrogen-bond donors (Lipinski definition) is 0. The molecular weight excluding hydrogens is 319 g/mol. The molecule has 1 heteroatoms. The van der Waals surface area contributed by atoms with Crippen molar-refractivity contribution in [3.05, 3.63) is 35.1 Å². The summed E-state index contributed by atoms with van der Waals surface area (Å²) < 4.78 is 13.5. The van der Waals surface area contributed by atoms with E-state index in [1.165, 1.54) is 94.6 Å². The van der Waals surface area contributed by atoms with Crippen molar-refractivity contribution in [3.63, 3.8) is 0 Å². The van der Waals surface area contributed by atoms with Gasteiger partial charge in [-0.1, -0.05) is 83.6 Å². The highest BCUT2D eigenvalue weighted by Gasteiger charge is 2.24. The van der Waals surface area contributed by atoms with Crippen molar-refractivity contribution in [2.75, 3.05) is 0 Å². The summed E-state index contributed by atoms with van der Waals surface area (Å²) in [6, 6.07) is 5.42. The van der Waals surface area contributed by atoms with E-state index in [0.717, 1.165) is 30.6 Å². The third-order valence-corrected chi connectivity index (χ3v) is 7.16. The zero-order chi connectivity index (χ0) is 18.2. The molecule has 2 aliphatic carbocycles. The summed E-state index contributed by atoms with van der Waals surface area (Å²) in [6.45, 7) is 2.30. The third-order valence-electron chi connectivity index (χ3n) is 7.16. The molecule has 0 spiro atoms. The Hall–Kier alpha value is -0.850. The molecule has 0 bridgehead atoms. The van der Waals surface area contributed by atoms with Crippen LogP contribution in [-0.2, 0) is 12.8 Å². The Morgan fingerprint density at radius 2 is 1.46 bits per heavy atom. The minimum atomic E-state index is -0.0579. The smallest absolute Gasteiger partial charge is 0.123 e. The molecule has 0 amide bonds. The number of fused-ring (bicyclic) bond motifs is 1. The summed E-state index contributed by atoms with van der Waals surface area (Å²) in [5, 5.41) is 0. The molecule has 0 nitrogen and oxygen atoms in total. The van der Waals surface area contributed by atoms with Gasteiger partial charge in [0.1, 0.15) is 5.82 Å². The first kappa shape index (κ1) is 19.9. The molecule has 1 saturated carbocycles. The average Bonchev–Trinajstić information content (AvgIpc) is 2.67. The van der Waals surface area contributed by atoms with Gasteiger partial charge in [-0.3, -0.25) is 0 Å². The molecule has 1 fully saturated rings. The molecule has 0 heterocycles. The van der Waals surface area contributed by atoms with Gasteiger partial charge in [-0.15, -0.1) is 0 Å². The van der Waals surface area contributed by atoms with Crippen LogP contribution in [0.2, 0.25) is 0 Å². The summed E-state index contributed by atoms with van der Waals surface area (Å²) in [4.78, 5) is 0. The second kappa shape index (κ2) is 10.5. The minimum absolute atomic E-state index is 0.0579. The second-order valence-electron chi connectivity index (χ2n) is 9.19. The zero-order valence-electron chi connectivity index (χ0n) is 16.9. The van der Waals surface area contributed by atoms with Gasteiger partial charge in [-0.25, -0.2) is 4.39 Å². The lowest BCUT2D eigenvalue weighted by atomic mass is 9.75. The van der Waals surface area contributed by atoms with E-state index in [9.17, 15) is 4.39 Å². The van der Waals surface area contributed by atoms with E-state index in [0.29, 0.717) is 0 Å². The van der Waals surface area contributed by atoms with Crippen LogP contribution in [0.1, 0.15) is 102 Å². The lowest BCUT2D eigenvalue weighted by molar-refractivity contribution is 0.233. The molecular formula is C25H39F. The van der Waals surface area contributed by atoms with Crippen molar-refractivity contribution in [1.29, 1.82) is 0 Å². The summed E-state index contributed by atoms with van der Waals surface area (Å²) >= 11 is 0. The lowest BCUT2D eigenvalue weighted by Gasteiger charge is -2.31. The van der Waals surface area contributed by atoms with Crippen molar-refractivity contribution in [1.82, 2.24) is 0 Å². The molecule has 0 aromatic heterocycles. The fraction of sp³-hybridized carbons (Fsp3) is 0.760. The number of hydrogen-bond acceptors (Lipinski definition) is 0. The molecule has 1 aromatic carbocycles. The fourth-order valence-electron chi connectivity index (χ4n) is 5.36. The van der Waals surface area contributed by atoms with Crippen LogP contribution < -0.4 is 0 Å². The number of benzene rings is 1. The van der Waals surface area contributed by atoms with Crippen LogP contribution >= 0.6 is 0 Å². The van der Waals surface area contributed by atoms with Crippen LogP contribution in [0.25, 0.3) is 0 Å². The zero-order valence-corrected chi connectivity index (χ0v) is 16.9. The van der Waals surface area contributed by atoms with Gasteiger partial charge in [-0.2, -0.15) is 0 Å². The van der Waals surface area contributed by atoms with Crippen LogP contribution in [0.3, 0.4) is 0 Å². The van der Waals surface area contributed by atoms with Gasteiger partial charge in [0, 0.05) is 0 Å². The van der Waals surface area contributed by atoms with Crippen molar-refractivity contribution in [2.24, 2.45) is 17.8 Å². The summed E-state index contributed by atoms with van der Waals surface area (Å²) in [5.41, 5.74) is 2.68. The number of halogens is 1. The summed E-state index contributed by atoms with van der Waals surface area (Å²) in [6.07, 6.45) is 20.9. The molecule has 146 valence electrons. The van der Waals surface area contributed by atoms with Crippen molar-refractivity contribution in [3.8, 4) is 0 Å². The topological polar surface area (TPSA) is 0 Å². The maximum atomic E-state index is 13.5. The second-order valence-corrected chi connectivity index (χ2v) is 9.19. The summed E-state index contributed by atoms with van der Waals surface area (Å²) in [5.74, 6) is 2.73. The molecule has 0 aliphatic heterocycles. The highest BCUT2D eigenvalue weighted by Crippen LogP contribution is 2.36. The van der Waals surface area contributed by atoms with Crippen LogP contribution in [0, 0.1) is 23.6 Å². The third kappa shape index (κ3) is 6.10. The average molecular weight is 359 g/mol. The van der Waals surface area contributed by atoms with Gasteiger partial charge in [0.2, 0.25) is 0 Å². The molecule has 1 unspecified atom stereocenters. The maximum Gasteiger partial charge on any atom is 0.123 e. The van der Waals surface area contributed by atoms with Gasteiger partial charge >= 0.3 is 0 Å². The van der Waals surface area contributed by atoms with Crippen LogP contribution in [0.4, 0.5) is 4.39 Å². The van der Waals surface area contributed by atoms with Gasteiger partial charge in [0.15, 0.2) is 0 Å². The standard InChI is InChI=1S/C25H39F/c1-2-3-4-5-6-7-20-8-10-21(11-9-20)12-13-22-14-15-23-16-17-25(26)19-24(23)18-22/h16-17,19-22H,2-15,18H2,1H3. The van der Waals surface area contributed by atoms with E-state index < -0.39 is 0 Å². The molecule has 0 N–H and O–H groups in total. The van der Waals surface area contributed by atoms with Crippen molar-refractivity contribution >= 4 is 0 Å². The molecule has 26 heavy (non-hydrogen) atoms. The van der Waals surface area contributed by atoms with E-state index in [2.05, 4.69) is 6.92 Å². The van der Waals surface area contributed by atoms with E-state index in [1.54, 1.807) is 12.1 Å². The van der Waals surface area contributed by atoms with Crippen molar-refractivity contribution < 1.29 is 4.39 Å². The highest BCUT2D eigenvalue weighted by atomic mass is 19.1. The largest absolute Gasteiger partial charge is 0.207 e. The van der Waals surface area contributed by atoms with Gasteiger partial charge in [0.05, 0.1) is 0 Å². The van der Waals surface area contributed by atoms with Crippen LogP contribution in [0.15, 0.2) is 18.2 Å². The normalized spacial score (nSPS) is 25.8. The Morgan fingerprint density at radius 1 is 0.769 bits per heavy atom. The van der Waals surface area contributed by atoms with Gasteiger partial charge in [-0.05, 0) is 66.7 Å². The van der Waals surface area contributed by atoms with Crippen molar-refractivity contribution in [2.45, 2.75) is 103 Å².